The molecule has 2 aliphatic heterocycles. The Hall–Kier alpha value is -2.25. The highest BCUT2D eigenvalue weighted by Gasteiger charge is 2.22. The van der Waals surface area contributed by atoms with Gasteiger partial charge in [-0.25, -0.2) is 4.79 Å². The van der Waals surface area contributed by atoms with Gasteiger partial charge in [0.25, 0.3) is 0 Å². The van der Waals surface area contributed by atoms with Crippen molar-refractivity contribution in [3.63, 3.8) is 0 Å². The van der Waals surface area contributed by atoms with Crippen LogP contribution in [0.1, 0.15) is 4.88 Å². The molecule has 1 aromatic carbocycles. The summed E-state index contributed by atoms with van der Waals surface area (Å²) in [4.78, 5) is 18.0. The molecule has 2 amide bonds. The van der Waals surface area contributed by atoms with Gasteiger partial charge < -0.3 is 19.7 Å². The van der Waals surface area contributed by atoms with E-state index in [0.717, 1.165) is 44.2 Å². The van der Waals surface area contributed by atoms with Gasteiger partial charge in [-0.15, -0.1) is 11.3 Å². The first-order valence-corrected chi connectivity index (χ1v) is 8.86. The minimum absolute atomic E-state index is 0.0651. The van der Waals surface area contributed by atoms with Crippen molar-refractivity contribution in [2.75, 3.05) is 38.3 Å². The van der Waals surface area contributed by atoms with Gasteiger partial charge in [-0.05, 0) is 23.6 Å². The molecule has 0 aliphatic carbocycles. The lowest BCUT2D eigenvalue weighted by Gasteiger charge is -2.34. The third-order valence-corrected chi connectivity index (χ3v) is 5.10. The van der Waals surface area contributed by atoms with E-state index in [9.17, 15) is 4.79 Å². The summed E-state index contributed by atoms with van der Waals surface area (Å²) in [6, 6.07) is 9.62. The van der Waals surface area contributed by atoms with Crippen LogP contribution in [0.15, 0.2) is 35.7 Å². The Morgan fingerprint density at radius 2 is 1.96 bits per heavy atom. The third-order valence-electron chi connectivity index (χ3n) is 4.24. The molecule has 2 aliphatic rings. The average molecular weight is 345 g/mol. The summed E-state index contributed by atoms with van der Waals surface area (Å²) in [6.07, 6.45) is 0. The predicted molar refractivity (Wildman–Crippen MR) is 92.8 cm³/mol. The smallest absolute Gasteiger partial charge is 0.321 e. The molecule has 7 heteroatoms. The molecule has 1 N–H and O–H groups in total. The Morgan fingerprint density at radius 1 is 1.12 bits per heavy atom. The maximum absolute atomic E-state index is 12.4. The van der Waals surface area contributed by atoms with Gasteiger partial charge in [-0.2, -0.15) is 0 Å². The lowest BCUT2D eigenvalue weighted by Crippen LogP contribution is -2.49. The molecule has 0 saturated carbocycles. The Bertz CT molecular complexity index is 712. The number of nitrogens with zero attached hydrogens (tertiary/aromatic N) is 2. The van der Waals surface area contributed by atoms with E-state index in [0.29, 0.717) is 5.75 Å². The number of nitrogens with one attached hydrogen (secondary N) is 1. The summed E-state index contributed by atoms with van der Waals surface area (Å²) in [5, 5.41) is 5.04. The van der Waals surface area contributed by atoms with E-state index in [1.807, 2.05) is 17.0 Å². The molecule has 3 heterocycles. The van der Waals surface area contributed by atoms with E-state index in [1.54, 1.807) is 17.4 Å². The number of carbonyl (C=O) groups excluding carboxylic acids is 1. The Labute approximate surface area is 144 Å². The number of piperazine rings is 1. The van der Waals surface area contributed by atoms with Crippen molar-refractivity contribution in [3.05, 3.63) is 40.6 Å². The molecule has 4 rings (SSSR count). The zero-order chi connectivity index (χ0) is 16.4. The molecule has 24 heavy (non-hydrogen) atoms. The average Bonchev–Trinajstić information content (AvgIpc) is 3.26. The molecule has 1 fully saturated rings. The molecule has 0 radical (unpaired) electrons. The van der Waals surface area contributed by atoms with E-state index in [1.165, 1.54) is 4.88 Å². The standard InChI is InChI=1S/C17H19N3O3S/c21-17(18-13-3-4-15-16(10-13)23-12-22-15)20-7-5-19(6-8-20)11-14-2-1-9-24-14/h1-4,9-10H,5-8,11-12H2,(H,18,21). The number of anilines is 1. The van der Waals surface area contributed by atoms with Gasteiger partial charge in [0.1, 0.15) is 0 Å². The number of urea groups is 1. The van der Waals surface area contributed by atoms with E-state index in [-0.39, 0.29) is 12.8 Å². The summed E-state index contributed by atoms with van der Waals surface area (Å²) in [7, 11) is 0. The number of carbonyl (C=O) groups is 1. The fraction of sp³-hybridized carbons (Fsp3) is 0.353. The molecule has 1 saturated heterocycles. The van der Waals surface area contributed by atoms with Crippen molar-refractivity contribution in [2.45, 2.75) is 6.54 Å². The van der Waals surface area contributed by atoms with E-state index >= 15 is 0 Å². The lowest BCUT2D eigenvalue weighted by molar-refractivity contribution is 0.143. The SMILES string of the molecule is O=C(Nc1ccc2c(c1)OCO2)N1CCN(Cc2cccs2)CC1. The molecule has 0 spiro atoms. The summed E-state index contributed by atoms with van der Waals surface area (Å²) >= 11 is 1.78. The van der Waals surface area contributed by atoms with Crippen LogP contribution in [0.4, 0.5) is 10.5 Å². The quantitative estimate of drug-likeness (QED) is 0.929. The molecule has 2 aromatic rings. The summed E-state index contributed by atoms with van der Waals surface area (Å²) < 4.78 is 10.6. The van der Waals surface area contributed by atoms with E-state index in [2.05, 4.69) is 27.7 Å². The second kappa shape index (κ2) is 6.70. The van der Waals surface area contributed by atoms with Crippen LogP contribution >= 0.6 is 11.3 Å². The largest absolute Gasteiger partial charge is 0.454 e. The maximum atomic E-state index is 12.4. The Kier molecular flexibility index (Phi) is 4.27. The van der Waals surface area contributed by atoms with Crippen LogP contribution in [-0.4, -0.2) is 48.8 Å². The van der Waals surface area contributed by atoms with Crippen molar-refractivity contribution in [1.29, 1.82) is 0 Å². The van der Waals surface area contributed by atoms with Crippen molar-refractivity contribution in [2.24, 2.45) is 0 Å². The maximum Gasteiger partial charge on any atom is 0.321 e. The molecular formula is C17H19N3O3S. The van der Waals surface area contributed by atoms with Crippen LogP contribution in [0.5, 0.6) is 11.5 Å². The van der Waals surface area contributed by atoms with Crippen LogP contribution in [0.3, 0.4) is 0 Å². The van der Waals surface area contributed by atoms with Gasteiger partial charge in [0.05, 0.1) is 0 Å². The third kappa shape index (κ3) is 3.32. The number of amides is 2. The van der Waals surface area contributed by atoms with Crippen LogP contribution < -0.4 is 14.8 Å². The van der Waals surface area contributed by atoms with Gasteiger partial charge in [0.2, 0.25) is 6.79 Å². The van der Waals surface area contributed by atoms with Crippen molar-refractivity contribution in [1.82, 2.24) is 9.80 Å². The number of benzene rings is 1. The van der Waals surface area contributed by atoms with E-state index < -0.39 is 0 Å². The normalized spacial score (nSPS) is 17.1. The molecule has 126 valence electrons. The number of ether oxygens (including phenoxy) is 2. The molecule has 1 aromatic heterocycles. The topological polar surface area (TPSA) is 54.0 Å². The summed E-state index contributed by atoms with van der Waals surface area (Å²) in [5.74, 6) is 1.39. The predicted octanol–water partition coefficient (Wildman–Crippen LogP) is 2.83. The van der Waals surface area contributed by atoms with Gasteiger partial charge in [-0.3, -0.25) is 4.90 Å². The summed E-state index contributed by atoms with van der Waals surface area (Å²) in [5.41, 5.74) is 0.727. The molecule has 0 atom stereocenters. The van der Waals surface area contributed by atoms with Crippen LogP contribution in [0.25, 0.3) is 0 Å². The second-order valence-corrected chi connectivity index (χ2v) is 6.87. The number of hydrogen-bond acceptors (Lipinski definition) is 5. The first kappa shape index (κ1) is 15.3. The number of thiophene rings is 1. The van der Waals surface area contributed by atoms with Crippen LogP contribution in [0, 0.1) is 0 Å². The molecule has 0 bridgehead atoms. The number of hydrogen-bond donors (Lipinski definition) is 1. The fourth-order valence-electron chi connectivity index (χ4n) is 2.91. The fourth-order valence-corrected chi connectivity index (χ4v) is 3.66. The van der Waals surface area contributed by atoms with Gasteiger partial charge in [0.15, 0.2) is 11.5 Å². The highest BCUT2D eigenvalue weighted by molar-refractivity contribution is 7.09. The first-order chi connectivity index (χ1) is 11.8. The van der Waals surface area contributed by atoms with Gasteiger partial charge in [0, 0.05) is 49.4 Å². The van der Waals surface area contributed by atoms with E-state index in [4.69, 9.17) is 9.47 Å². The van der Waals surface area contributed by atoms with Gasteiger partial charge in [-0.1, -0.05) is 6.07 Å². The Morgan fingerprint density at radius 3 is 2.75 bits per heavy atom. The van der Waals surface area contributed by atoms with Gasteiger partial charge >= 0.3 is 6.03 Å². The Balaban J connectivity index is 1.30. The lowest BCUT2D eigenvalue weighted by atomic mass is 10.2. The summed E-state index contributed by atoms with van der Waals surface area (Å²) in [6.45, 7) is 4.47. The minimum Gasteiger partial charge on any atom is -0.454 e. The molecule has 0 unspecified atom stereocenters. The van der Waals surface area contributed by atoms with Crippen molar-refractivity contribution >= 4 is 23.1 Å². The zero-order valence-corrected chi connectivity index (χ0v) is 14.1. The monoisotopic (exact) mass is 345 g/mol. The first-order valence-electron chi connectivity index (χ1n) is 7.98. The van der Waals surface area contributed by atoms with Crippen LogP contribution in [0.2, 0.25) is 0 Å². The zero-order valence-electron chi connectivity index (χ0n) is 13.2. The van der Waals surface area contributed by atoms with Crippen molar-refractivity contribution < 1.29 is 14.3 Å². The highest BCUT2D eigenvalue weighted by atomic mass is 32.1. The minimum atomic E-state index is -0.0651. The molecule has 6 nitrogen and oxygen atoms in total. The highest BCUT2D eigenvalue weighted by Crippen LogP contribution is 2.34. The second-order valence-electron chi connectivity index (χ2n) is 5.84. The number of fused-ring (bicyclic) bond motifs is 1. The van der Waals surface area contributed by atoms with Crippen LogP contribution in [-0.2, 0) is 6.54 Å². The van der Waals surface area contributed by atoms with Crippen molar-refractivity contribution in [3.8, 4) is 11.5 Å². The molecular weight excluding hydrogens is 326 g/mol. The number of rotatable bonds is 3.